The van der Waals surface area contributed by atoms with Gasteiger partial charge in [-0.05, 0) is 24.3 Å². The number of hydrazine groups is 1. The molecule has 0 fully saturated rings. The maximum absolute atomic E-state index is 11.1. The van der Waals surface area contributed by atoms with E-state index >= 15 is 0 Å². The van der Waals surface area contributed by atoms with Gasteiger partial charge in [0.1, 0.15) is 5.75 Å². The SMILES string of the molecule is CN(N)C(=O)CCOc1ccc(Br)cc1. The predicted molar refractivity (Wildman–Crippen MR) is 61.2 cm³/mol. The summed E-state index contributed by atoms with van der Waals surface area (Å²) in [5.41, 5.74) is 0. The molecule has 0 aliphatic carbocycles. The molecule has 1 aromatic carbocycles. The molecule has 0 saturated heterocycles. The maximum Gasteiger partial charge on any atom is 0.239 e. The molecule has 15 heavy (non-hydrogen) atoms. The minimum absolute atomic E-state index is 0.146. The van der Waals surface area contributed by atoms with Crippen molar-refractivity contribution in [2.75, 3.05) is 13.7 Å². The first kappa shape index (κ1) is 12.0. The molecule has 0 spiro atoms. The minimum atomic E-state index is -0.146. The molecule has 5 heteroatoms. The van der Waals surface area contributed by atoms with Crippen molar-refractivity contribution in [2.45, 2.75) is 6.42 Å². The molecule has 0 radical (unpaired) electrons. The van der Waals surface area contributed by atoms with Crippen molar-refractivity contribution in [3.05, 3.63) is 28.7 Å². The number of amides is 1. The van der Waals surface area contributed by atoms with E-state index in [9.17, 15) is 4.79 Å². The number of nitrogens with two attached hydrogens (primary N) is 1. The molecule has 0 heterocycles. The molecule has 1 amide bonds. The van der Waals surface area contributed by atoms with E-state index in [2.05, 4.69) is 15.9 Å². The molecular formula is C10H13BrN2O2. The Morgan fingerprint density at radius 2 is 2.07 bits per heavy atom. The van der Waals surface area contributed by atoms with Gasteiger partial charge in [0.2, 0.25) is 5.91 Å². The molecule has 82 valence electrons. The number of rotatable bonds is 4. The molecule has 0 aliphatic heterocycles. The number of carbonyl (C=O) groups is 1. The van der Waals surface area contributed by atoms with Gasteiger partial charge in [-0.1, -0.05) is 15.9 Å². The average Bonchev–Trinajstić information content (AvgIpc) is 2.20. The third-order valence-corrected chi connectivity index (χ3v) is 2.32. The van der Waals surface area contributed by atoms with Gasteiger partial charge >= 0.3 is 0 Å². The van der Waals surface area contributed by atoms with Crippen molar-refractivity contribution in [1.82, 2.24) is 5.01 Å². The van der Waals surface area contributed by atoms with E-state index in [1.54, 1.807) is 0 Å². The normalized spacial score (nSPS) is 9.80. The van der Waals surface area contributed by atoms with Crippen molar-refractivity contribution >= 4 is 21.8 Å². The second-order valence-corrected chi connectivity index (χ2v) is 3.97. The number of ether oxygens (including phenoxy) is 1. The van der Waals surface area contributed by atoms with Crippen LogP contribution in [0.3, 0.4) is 0 Å². The van der Waals surface area contributed by atoms with Crippen molar-refractivity contribution < 1.29 is 9.53 Å². The van der Waals surface area contributed by atoms with Crippen LogP contribution in [-0.2, 0) is 4.79 Å². The Bertz CT molecular complexity index is 325. The van der Waals surface area contributed by atoms with Crippen LogP contribution in [0.15, 0.2) is 28.7 Å². The van der Waals surface area contributed by atoms with Crippen LogP contribution in [0.5, 0.6) is 5.75 Å². The molecule has 0 atom stereocenters. The maximum atomic E-state index is 11.1. The molecule has 2 N–H and O–H groups in total. The fourth-order valence-corrected chi connectivity index (χ4v) is 1.23. The largest absolute Gasteiger partial charge is 0.493 e. The zero-order chi connectivity index (χ0) is 11.3. The molecule has 0 saturated carbocycles. The van der Waals surface area contributed by atoms with Gasteiger partial charge < -0.3 is 4.74 Å². The van der Waals surface area contributed by atoms with Crippen LogP contribution in [0.25, 0.3) is 0 Å². The lowest BCUT2D eigenvalue weighted by Gasteiger charge is -2.10. The van der Waals surface area contributed by atoms with Gasteiger partial charge in [0, 0.05) is 11.5 Å². The third kappa shape index (κ3) is 4.31. The second kappa shape index (κ2) is 5.72. The lowest BCUT2D eigenvalue weighted by Crippen LogP contribution is -2.33. The summed E-state index contributed by atoms with van der Waals surface area (Å²) in [6.07, 6.45) is 0.281. The molecule has 1 aromatic rings. The van der Waals surface area contributed by atoms with Crippen molar-refractivity contribution in [3.8, 4) is 5.75 Å². The number of carbonyl (C=O) groups excluding carboxylic acids is 1. The highest BCUT2D eigenvalue weighted by atomic mass is 79.9. The van der Waals surface area contributed by atoms with Gasteiger partial charge in [0.15, 0.2) is 0 Å². The minimum Gasteiger partial charge on any atom is -0.493 e. The summed E-state index contributed by atoms with van der Waals surface area (Å²) in [7, 11) is 1.52. The number of hydrogen-bond acceptors (Lipinski definition) is 3. The van der Waals surface area contributed by atoms with E-state index in [0.717, 1.165) is 15.2 Å². The predicted octanol–water partition coefficient (Wildman–Crippen LogP) is 1.55. The van der Waals surface area contributed by atoms with Gasteiger partial charge in [0.05, 0.1) is 13.0 Å². The van der Waals surface area contributed by atoms with Crippen LogP contribution in [0.2, 0.25) is 0 Å². The number of benzene rings is 1. The summed E-state index contributed by atoms with van der Waals surface area (Å²) in [5.74, 6) is 5.85. The van der Waals surface area contributed by atoms with Crippen LogP contribution >= 0.6 is 15.9 Å². The van der Waals surface area contributed by atoms with E-state index in [0.29, 0.717) is 6.61 Å². The first-order chi connectivity index (χ1) is 7.09. The summed E-state index contributed by atoms with van der Waals surface area (Å²) in [4.78, 5) is 11.1. The highest BCUT2D eigenvalue weighted by molar-refractivity contribution is 9.10. The summed E-state index contributed by atoms with van der Waals surface area (Å²) in [6.45, 7) is 0.335. The Morgan fingerprint density at radius 3 is 2.60 bits per heavy atom. The molecule has 0 unspecified atom stereocenters. The quantitative estimate of drug-likeness (QED) is 0.514. The van der Waals surface area contributed by atoms with Gasteiger partial charge in [-0.2, -0.15) is 0 Å². The zero-order valence-corrected chi connectivity index (χ0v) is 10.0. The van der Waals surface area contributed by atoms with Crippen LogP contribution in [-0.4, -0.2) is 24.6 Å². The van der Waals surface area contributed by atoms with E-state index in [1.807, 2.05) is 24.3 Å². The Balaban J connectivity index is 2.32. The molecule has 0 aromatic heterocycles. The second-order valence-electron chi connectivity index (χ2n) is 3.06. The van der Waals surface area contributed by atoms with Crippen molar-refractivity contribution in [1.29, 1.82) is 0 Å². The molecule has 1 rings (SSSR count). The number of hydrogen-bond donors (Lipinski definition) is 1. The molecule has 4 nitrogen and oxygen atoms in total. The van der Waals surface area contributed by atoms with E-state index in [-0.39, 0.29) is 12.3 Å². The lowest BCUT2D eigenvalue weighted by molar-refractivity contribution is -0.130. The lowest BCUT2D eigenvalue weighted by atomic mass is 10.3. The van der Waals surface area contributed by atoms with Crippen LogP contribution < -0.4 is 10.6 Å². The smallest absolute Gasteiger partial charge is 0.239 e. The topological polar surface area (TPSA) is 55.6 Å². The van der Waals surface area contributed by atoms with Gasteiger partial charge in [0.25, 0.3) is 0 Å². The third-order valence-electron chi connectivity index (χ3n) is 1.79. The zero-order valence-electron chi connectivity index (χ0n) is 8.44. The first-order valence-corrected chi connectivity index (χ1v) is 5.28. The number of halogens is 1. The highest BCUT2D eigenvalue weighted by Crippen LogP contribution is 2.16. The van der Waals surface area contributed by atoms with Crippen LogP contribution in [0, 0.1) is 0 Å². The van der Waals surface area contributed by atoms with E-state index in [1.165, 1.54) is 7.05 Å². The summed E-state index contributed by atoms with van der Waals surface area (Å²) in [6, 6.07) is 7.43. The Labute approximate surface area is 97.1 Å². The Morgan fingerprint density at radius 1 is 1.47 bits per heavy atom. The fraction of sp³-hybridized carbons (Fsp3) is 0.300. The van der Waals surface area contributed by atoms with Gasteiger partial charge in [-0.3, -0.25) is 9.80 Å². The monoisotopic (exact) mass is 272 g/mol. The van der Waals surface area contributed by atoms with Gasteiger partial charge in [-0.15, -0.1) is 0 Å². The summed E-state index contributed by atoms with van der Waals surface area (Å²) in [5, 5.41) is 1.06. The van der Waals surface area contributed by atoms with E-state index in [4.69, 9.17) is 10.6 Å². The molecular weight excluding hydrogens is 260 g/mol. The summed E-state index contributed by atoms with van der Waals surface area (Å²) < 4.78 is 6.35. The van der Waals surface area contributed by atoms with Crippen LogP contribution in [0.1, 0.15) is 6.42 Å². The first-order valence-electron chi connectivity index (χ1n) is 4.49. The van der Waals surface area contributed by atoms with Gasteiger partial charge in [-0.25, -0.2) is 5.84 Å². The molecule has 0 aliphatic rings. The summed E-state index contributed by atoms with van der Waals surface area (Å²) >= 11 is 3.32. The van der Waals surface area contributed by atoms with Crippen molar-refractivity contribution in [3.63, 3.8) is 0 Å². The van der Waals surface area contributed by atoms with Crippen molar-refractivity contribution in [2.24, 2.45) is 5.84 Å². The standard InChI is InChI=1S/C10H13BrN2O2/c1-13(12)10(14)6-7-15-9-4-2-8(11)3-5-9/h2-5H,6-7,12H2,1H3. The van der Waals surface area contributed by atoms with Crippen LogP contribution in [0.4, 0.5) is 0 Å². The average molecular weight is 273 g/mol. The number of nitrogens with zero attached hydrogens (tertiary/aromatic N) is 1. The Kier molecular flexibility index (Phi) is 4.58. The highest BCUT2D eigenvalue weighted by Gasteiger charge is 2.04. The van der Waals surface area contributed by atoms with E-state index < -0.39 is 0 Å². The molecule has 0 bridgehead atoms. The fourth-order valence-electron chi connectivity index (χ4n) is 0.963. The Hall–Kier alpha value is -1.07.